The number of carbonyl (C=O) groups excluding carboxylic acids is 1. The van der Waals surface area contributed by atoms with Gasteiger partial charge in [0.25, 0.3) is 0 Å². The fourth-order valence-electron chi connectivity index (χ4n) is 2.79. The molecule has 3 rings (SSSR count). The zero-order valence-electron chi connectivity index (χ0n) is 13.4. The fraction of sp³-hybridized carbons (Fsp3) is 0.286. The van der Waals surface area contributed by atoms with Crippen molar-refractivity contribution in [3.05, 3.63) is 77.9 Å². The number of ether oxygens (including phenoxy) is 1. The van der Waals surface area contributed by atoms with Gasteiger partial charge in [0.15, 0.2) is 5.78 Å². The molecule has 0 aliphatic heterocycles. The molecule has 0 bridgehead atoms. The summed E-state index contributed by atoms with van der Waals surface area (Å²) < 4.78 is 5.74. The van der Waals surface area contributed by atoms with Crippen molar-refractivity contribution in [1.82, 2.24) is 0 Å². The van der Waals surface area contributed by atoms with Gasteiger partial charge in [-0.25, -0.2) is 0 Å². The van der Waals surface area contributed by atoms with Crippen LogP contribution in [0.4, 0.5) is 0 Å². The van der Waals surface area contributed by atoms with E-state index in [9.17, 15) is 4.79 Å². The molecule has 2 atom stereocenters. The third kappa shape index (κ3) is 4.17. The summed E-state index contributed by atoms with van der Waals surface area (Å²) in [6.07, 6.45) is 3.06. The lowest BCUT2D eigenvalue weighted by Crippen LogP contribution is -2.06. The summed E-state index contributed by atoms with van der Waals surface area (Å²) in [5, 5.41) is 0. The number of carbonyl (C=O) groups is 1. The number of Topliss-reactive ketones (excluding diaryl/α,β-unsaturated/α-hetero) is 1. The Balaban J connectivity index is 1.42. The van der Waals surface area contributed by atoms with Crippen LogP contribution in [0.15, 0.2) is 66.7 Å². The summed E-state index contributed by atoms with van der Waals surface area (Å²) >= 11 is 0. The lowest BCUT2D eigenvalue weighted by molar-refractivity contribution is 0.0938. The molecular weight excluding hydrogens is 284 g/mol. The van der Waals surface area contributed by atoms with Gasteiger partial charge < -0.3 is 4.74 Å². The minimum absolute atomic E-state index is 0.150. The molecule has 2 nitrogen and oxygen atoms in total. The van der Waals surface area contributed by atoms with Gasteiger partial charge in [-0.15, -0.1) is 0 Å². The molecule has 2 aromatic rings. The van der Waals surface area contributed by atoms with E-state index in [1.807, 2.05) is 48.5 Å². The van der Waals surface area contributed by atoms with Crippen molar-refractivity contribution in [3.63, 3.8) is 0 Å². The molecular formula is C21H22O2. The van der Waals surface area contributed by atoms with Crippen molar-refractivity contribution in [3.8, 4) is 0 Å². The maximum absolute atomic E-state index is 12.3. The topological polar surface area (TPSA) is 26.3 Å². The highest BCUT2D eigenvalue weighted by molar-refractivity contribution is 5.99. The van der Waals surface area contributed by atoms with E-state index < -0.39 is 0 Å². The highest BCUT2D eigenvalue weighted by Crippen LogP contribution is 2.41. The van der Waals surface area contributed by atoms with Crippen LogP contribution in [0.1, 0.15) is 29.3 Å². The average Bonchev–Trinajstić information content (AvgIpc) is 3.39. The Morgan fingerprint density at radius 2 is 1.65 bits per heavy atom. The van der Waals surface area contributed by atoms with Gasteiger partial charge in [0.1, 0.15) is 0 Å². The second kappa shape index (κ2) is 7.38. The molecule has 2 aromatic carbocycles. The standard InChI is InChI=1S/C21H22O2/c1-16(17-8-4-2-5-9-17)12-13-23-15-19-14-20(19)21(22)18-10-6-3-7-11-18/h2-12,19-20H,13-15H2,1H3/b16-12+. The molecule has 2 heteroatoms. The van der Waals surface area contributed by atoms with Crippen molar-refractivity contribution in [1.29, 1.82) is 0 Å². The summed E-state index contributed by atoms with van der Waals surface area (Å²) in [5.41, 5.74) is 3.26. The lowest BCUT2D eigenvalue weighted by atomic mass is 10.1. The summed E-state index contributed by atoms with van der Waals surface area (Å²) in [4.78, 5) is 12.3. The maximum Gasteiger partial charge on any atom is 0.166 e. The molecule has 1 aliphatic rings. The van der Waals surface area contributed by atoms with Gasteiger partial charge in [0.05, 0.1) is 13.2 Å². The van der Waals surface area contributed by atoms with Crippen molar-refractivity contribution in [2.24, 2.45) is 11.8 Å². The van der Waals surface area contributed by atoms with Gasteiger partial charge in [-0.1, -0.05) is 66.7 Å². The zero-order valence-corrected chi connectivity index (χ0v) is 13.4. The number of allylic oxidation sites excluding steroid dienone is 1. The van der Waals surface area contributed by atoms with Crippen LogP contribution < -0.4 is 0 Å². The molecule has 1 saturated carbocycles. The van der Waals surface area contributed by atoms with E-state index in [1.54, 1.807) is 0 Å². The normalized spacial score (nSPS) is 20.3. The first-order valence-corrected chi connectivity index (χ1v) is 8.15. The Hall–Kier alpha value is -2.19. The van der Waals surface area contributed by atoms with Gasteiger partial charge >= 0.3 is 0 Å². The predicted molar refractivity (Wildman–Crippen MR) is 93.3 cm³/mol. The molecule has 2 unspecified atom stereocenters. The van der Waals surface area contributed by atoms with Crippen LogP contribution in [0, 0.1) is 11.8 Å². The monoisotopic (exact) mass is 306 g/mol. The van der Waals surface area contributed by atoms with E-state index in [4.69, 9.17) is 4.74 Å². The lowest BCUT2D eigenvalue weighted by Gasteiger charge is -2.04. The van der Waals surface area contributed by atoms with E-state index in [1.165, 1.54) is 11.1 Å². The van der Waals surface area contributed by atoms with E-state index in [0.29, 0.717) is 19.1 Å². The first-order valence-electron chi connectivity index (χ1n) is 8.15. The minimum Gasteiger partial charge on any atom is -0.377 e. The molecule has 118 valence electrons. The summed E-state index contributed by atoms with van der Waals surface area (Å²) in [6, 6.07) is 19.8. The van der Waals surface area contributed by atoms with Crippen molar-refractivity contribution in [2.45, 2.75) is 13.3 Å². The molecule has 1 aliphatic carbocycles. The highest BCUT2D eigenvalue weighted by Gasteiger charge is 2.42. The Morgan fingerprint density at radius 3 is 2.30 bits per heavy atom. The van der Waals surface area contributed by atoms with E-state index in [2.05, 4.69) is 25.1 Å². The second-order valence-electron chi connectivity index (χ2n) is 6.12. The number of hydrogen-bond donors (Lipinski definition) is 0. The zero-order chi connectivity index (χ0) is 16.1. The average molecular weight is 306 g/mol. The molecule has 23 heavy (non-hydrogen) atoms. The van der Waals surface area contributed by atoms with Crippen LogP contribution in [-0.2, 0) is 4.74 Å². The largest absolute Gasteiger partial charge is 0.377 e. The summed E-state index contributed by atoms with van der Waals surface area (Å²) in [5.74, 6) is 0.792. The number of benzene rings is 2. The molecule has 0 N–H and O–H groups in total. The Bertz CT molecular complexity index is 674. The van der Waals surface area contributed by atoms with Gasteiger partial charge in [-0.05, 0) is 30.4 Å². The van der Waals surface area contributed by atoms with Gasteiger partial charge in [-0.3, -0.25) is 4.79 Å². The summed E-state index contributed by atoms with van der Waals surface area (Å²) in [7, 11) is 0. The van der Waals surface area contributed by atoms with Gasteiger partial charge in [0, 0.05) is 11.5 Å². The van der Waals surface area contributed by atoms with E-state index in [-0.39, 0.29) is 11.7 Å². The molecule has 0 aromatic heterocycles. The maximum atomic E-state index is 12.3. The molecule has 0 amide bonds. The Kier molecular flexibility index (Phi) is 5.04. The van der Waals surface area contributed by atoms with Crippen LogP contribution >= 0.6 is 0 Å². The third-order valence-electron chi connectivity index (χ3n) is 4.39. The summed E-state index contributed by atoms with van der Waals surface area (Å²) in [6.45, 7) is 3.36. The predicted octanol–water partition coefficient (Wildman–Crippen LogP) is 4.63. The minimum atomic E-state index is 0.150. The Morgan fingerprint density at radius 1 is 1.04 bits per heavy atom. The molecule has 0 saturated heterocycles. The SMILES string of the molecule is C/C(=C\COCC1CC1C(=O)c1ccccc1)c1ccccc1. The quantitative estimate of drug-likeness (QED) is 0.551. The van der Waals surface area contributed by atoms with Crippen molar-refractivity contribution in [2.75, 3.05) is 13.2 Å². The van der Waals surface area contributed by atoms with Crippen LogP contribution in [0.5, 0.6) is 0 Å². The smallest absolute Gasteiger partial charge is 0.166 e. The third-order valence-corrected chi connectivity index (χ3v) is 4.39. The number of hydrogen-bond acceptors (Lipinski definition) is 2. The van der Waals surface area contributed by atoms with Crippen LogP contribution in [0.3, 0.4) is 0 Å². The van der Waals surface area contributed by atoms with Crippen molar-refractivity contribution < 1.29 is 9.53 Å². The van der Waals surface area contributed by atoms with Crippen molar-refractivity contribution >= 4 is 11.4 Å². The van der Waals surface area contributed by atoms with Crippen LogP contribution in [0.2, 0.25) is 0 Å². The molecule has 1 fully saturated rings. The van der Waals surface area contributed by atoms with Crippen LogP contribution in [0.25, 0.3) is 5.57 Å². The van der Waals surface area contributed by atoms with Gasteiger partial charge in [-0.2, -0.15) is 0 Å². The second-order valence-corrected chi connectivity index (χ2v) is 6.12. The molecule has 0 radical (unpaired) electrons. The van der Waals surface area contributed by atoms with Crippen LogP contribution in [-0.4, -0.2) is 19.0 Å². The molecule has 0 spiro atoms. The first kappa shape index (κ1) is 15.7. The highest BCUT2D eigenvalue weighted by atomic mass is 16.5. The number of ketones is 1. The van der Waals surface area contributed by atoms with E-state index >= 15 is 0 Å². The molecule has 0 heterocycles. The fourth-order valence-corrected chi connectivity index (χ4v) is 2.79. The Labute approximate surface area is 137 Å². The number of rotatable bonds is 7. The van der Waals surface area contributed by atoms with Gasteiger partial charge in [0.2, 0.25) is 0 Å². The van der Waals surface area contributed by atoms with E-state index in [0.717, 1.165) is 12.0 Å². The first-order chi connectivity index (χ1) is 11.3.